The molecule has 0 bridgehead atoms. The van der Waals surface area contributed by atoms with Gasteiger partial charge in [0, 0.05) is 5.56 Å². The number of aromatic nitrogens is 1. The van der Waals surface area contributed by atoms with Crippen LogP contribution in [0.4, 0.5) is 4.39 Å². The van der Waals surface area contributed by atoms with E-state index in [4.69, 9.17) is 14.9 Å². The first kappa shape index (κ1) is 11.6. The number of nitrogens with zero attached hydrogens (tertiary/aromatic N) is 1. The minimum atomic E-state index is -0.421. The molecule has 2 aromatic rings. The Labute approximate surface area is 98.2 Å². The average Bonchev–Trinajstić information content (AvgIpc) is 2.80. The van der Waals surface area contributed by atoms with Crippen LogP contribution in [0.25, 0.3) is 11.3 Å². The number of hydrogen-bond acceptors (Lipinski definition) is 4. The Morgan fingerprint density at radius 3 is 2.88 bits per heavy atom. The molecule has 2 N–H and O–H groups in total. The number of rotatable bonds is 4. The van der Waals surface area contributed by atoms with E-state index in [9.17, 15) is 4.39 Å². The average molecular weight is 236 g/mol. The van der Waals surface area contributed by atoms with Crippen molar-refractivity contribution in [3.8, 4) is 17.1 Å². The fourth-order valence-electron chi connectivity index (χ4n) is 1.46. The second-order valence-corrected chi connectivity index (χ2v) is 3.40. The molecule has 0 spiro atoms. The van der Waals surface area contributed by atoms with Gasteiger partial charge in [0.15, 0.2) is 17.3 Å². The standard InChI is InChI=1S/C12H13FN2O2/c1-2-16-10-4-3-8(5-9(10)13)11-7-15-12(6-14)17-11/h3-5,7H,2,6,14H2,1H3. The molecular formula is C12H13FN2O2. The summed E-state index contributed by atoms with van der Waals surface area (Å²) in [5.41, 5.74) is 5.99. The van der Waals surface area contributed by atoms with E-state index in [1.54, 1.807) is 19.1 Å². The molecule has 4 nitrogen and oxygen atoms in total. The lowest BCUT2D eigenvalue weighted by Gasteiger charge is -2.05. The van der Waals surface area contributed by atoms with Crippen molar-refractivity contribution in [1.82, 2.24) is 4.98 Å². The van der Waals surface area contributed by atoms with Crippen molar-refractivity contribution >= 4 is 0 Å². The first-order valence-electron chi connectivity index (χ1n) is 5.32. The molecule has 5 heteroatoms. The van der Waals surface area contributed by atoms with E-state index in [1.165, 1.54) is 12.3 Å². The van der Waals surface area contributed by atoms with Crippen molar-refractivity contribution in [2.45, 2.75) is 13.5 Å². The number of nitrogens with two attached hydrogens (primary N) is 1. The molecule has 0 aliphatic heterocycles. The van der Waals surface area contributed by atoms with E-state index in [0.29, 0.717) is 23.8 Å². The molecule has 0 atom stereocenters. The van der Waals surface area contributed by atoms with Crippen LogP contribution in [0.15, 0.2) is 28.8 Å². The summed E-state index contributed by atoms with van der Waals surface area (Å²) in [4.78, 5) is 3.95. The zero-order chi connectivity index (χ0) is 12.3. The zero-order valence-electron chi connectivity index (χ0n) is 9.44. The predicted octanol–water partition coefficient (Wildman–Crippen LogP) is 2.34. The van der Waals surface area contributed by atoms with Gasteiger partial charge in [-0.1, -0.05) is 0 Å². The highest BCUT2D eigenvalue weighted by molar-refractivity contribution is 5.57. The fourth-order valence-corrected chi connectivity index (χ4v) is 1.46. The summed E-state index contributed by atoms with van der Waals surface area (Å²) in [7, 11) is 0. The van der Waals surface area contributed by atoms with E-state index in [2.05, 4.69) is 4.98 Å². The molecule has 1 aromatic carbocycles. The lowest BCUT2D eigenvalue weighted by molar-refractivity contribution is 0.321. The SMILES string of the molecule is CCOc1ccc(-c2cnc(CN)o2)cc1F. The molecule has 0 fully saturated rings. The van der Waals surface area contributed by atoms with Gasteiger partial charge in [0.1, 0.15) is 0 Å². The number of ether oxygens (including phenoxy) is 1. The molecule has 17 heavy (non-hydrogen) atoms. The Kier molecular flexibility index (Phi) is 3.39. The quantitative estimate of drug-likeness (QED) is 0.885. The summed E-state index contributed by atoms with van der Waals surface area (Å²) in [5.74, 6) is 0.728. The van der Waals surface area contributed by atoms with Gasteiger partial charge >= 0.3 is 0 Å². The fraction of sp³-hybridized carbons (Fsp3) is 0.250. The van der Waals surface area contributed by atoms with Crippen molar-refractivity contribution in [1.29, 1.82) is 0 Å². The highest BCUT2D eigenvalue weighted by Gasteiger charge is 2.09. The van der Waals surface area contributed by atoms with E-state index in [1.807, 2.05) is 0 Å². The van der Waals surface area contributed by atoms with Gasteiger partial charge in [0.25, 0.3) is 0 Å². The van der Waals surface area contributed by atoms with Gasteiger partial charge in [0.2, 0.25) is 5.89 Å². The van der Waals surface area contributed by atoms with Crippen LogP contribution < -0.4 is 10.5 Å². The van der Waals surface area contributed by atoms with Crippen molar-refractivity contribution in [2.75, 3.05) is 6.61 Å². The molecule has 0 saturated carbocycles. The van der Waals surface area contributed by atoms with Crippen LogP contribution in [0.3, 0.4) is 0 Å². The maximum Gasteiger partial charge on any atom is 0.208 e. The van der Waals surface area contributed by atoms with Crippen LogP contribution in [0, 0.1) is 5.82 Å². The van der Waals surface area contributed by atoms with Gasteiger partial charge in [-0.05, 0) is 25.1 Å². The third-order valence-electron chi connectivity index (χ3n) is 2.24. The molecule has 0 radical (unpaired) electrons. The number of oxazole rings is 1. The Morgan fingerprint density at radius 2 is 2.29 bits per heavy atom. The molecule has 0 amide bonds. The number of halogens is 1. The molecule has 0 saturated heterocycles. The van der Waals surface area contributed by atoms with Crippen molar-refractivity contribution < 1.29 is 13.5 Å². The highest BCUT2D eigenvalue weighted by atomic mass is 19.1. The Balaban J connectivity index is 2.30. The largest absolute Gasteiger partial charge is 0.491 e. The van der Waals surface area contributed by atoms with Crippen LogP contribution in [-0.4, -0.2) is 11.6 Å². The smallest absolute Gasteiger partial charge is 0.208 e. The Morgan fingerprint density at radius 1 is 1.47 bits per heavy atom. The van der Waals surface area contributed by atoms with Gasteiger partial charge in [0.05, 0.1) is 19.3 Å². The molecule has 1 aromatic heterocycles. The summed E-state index contributed by atoms with van der Waals surface area (Å²) in [6.07, 6.45) is 1.53. The van der Waals surface area contributed by atoms with Crippen LogP contribution in [0.5, 0.6) is 5.75 Å². The van der Waals surface area contributed by atoms with E-state index >= 15 is 0 Å². The minimum Gasteiger partial charge on any atom is -0.491 e. The number of benzene rings is 1. The first-order chi connectivity index (χ1) is 8.24. The van der Waals surface area contributed by atoms with E-state index in [0.717, 1.165) is 0 Å². The molecule has 90 valence electrons. The van der Waals surface area contributed by atoms with Gasteiger partial charge in [-0.15, -0.1) is 0 Å². The zero-order valence-corrected chi connectivity index (χ0v) is 9.44. The second-order valence-electron chi connectivity index (χ2n) is 3.40. The lowest BCUT2D eigenvalue weighted by Crippen LogP contribution is -1.95. The highest BCUT2D eigenvalue weighted by Crippen LogP contribution is 2.26. The summed E-state index contributed by atoms with van der Waals surface area (Å²) in [6, 6.07) is 4.64. The van der Waals surface area contributed by atoms with Gasteiger partial charge in [-0.2, -0.15) is 0 Å². The van der Waals surface area contributed by atoms with Crippen LogP contribution in [0.1, 0.15) is 12.8 Å². The molecule has 0 aliphatic carbocycles. The predicted molar refractivity (Wildman–Crippen MR) is 61.0 cm³/mol. The van der Waals surface area contributed by atoms with Crippen LogP contribution in [0.2, 0.25) is 0 Å². The molecule has 0 aliphatic rings. The maximum absolute atomic E-state index is 13.6. The first-order valence-corrected chi connectivity index (χ1v) is 5.32. The van der Waals surface area contributed by atoms with E-state index in [-0.39, 0.29) is 12.3 Å². The van der Waals surface area contributed by atoms with Gasteiger partial charge < -0.3 is 14.9 Å². The van der Waals surface area contributed by atoms with E-state index < -0.39 is 5.82 Å². The summed E-state index contributed by atoms with van der Waals surface area (Å²) in [5, 5.41) is 0. The summed E-state index contributed by atoms with van der Waals surface area (Å²) < 4.78 is 24.0. The third-order valence-corrected chi connectivity index (χ3v) is 2.24. The minimum absolute atomic E-state index is 0.222. The molecule has 2 rings (SSSR count). The molecular weight excluding hydrogens is 223 g/mol. The van der Waals surface area contributed by atoms with Crippen molar-refractivity contribution in [2.24, 2.45) is 5.73 Å². The van der Waals surface area contributed by atoms with Gasteiger partial charge in [-0.3, -0.25) is 0 Å². The Bertz CT molecular complexity index is 511. The maximum atomic E-state index is 13.6. The second kappa shape index (κ2) is 4.97. The van der Waals surface area contributed by atoms with Crippen molar-refractivity contribution in [3.05, 3.63) is 36.1 Å². The lowest BCUT2D eigenvalue weighted by atomic mass is 10.2. The Hall–Kier alpha value is -1.88. The van der Waals surface area contributed by atoms with Crippen LogP contribution in [-0.2, 0) is 6.54 Å². The normalized spacial score (nSPS) is 10.5. The summed E-state index contributed by atoms with van der Waals surface area (Å²) >= 11 is 0. The monoisotopic (exact) mass is 236 g/mol. The molecule has 0 unspecified atom stereocenters. The van der Waals surface area contributed by atoms with Crippen LogP contribution >= 0.6 is 0 Å². The van der Waals surface area contributed by atoms with Gasteiger partial charge in [-0.25, -0.2) is 9.37 Å². The molecule has 1 heterocycles. The topological polar surface area (TPSA) is 61.3 Å². The summed E-state index contributed by atoms with van der Waals surface area (Å²) in [6.45, 7) is 2.45. The van der Waals surface area contributed by atoms with Crippen molar-refractivity contribution in [3.63, 3.8) is 0 Å². The third kappa shape index (κ3) is 2.45. The number of hydrogen-bond donors (Lipinski definition) is 1.